The fraction of sp³-hybridized carbons (Fsp3) is 0.690. The van der Waals surface area contributed by atoms with Gasteiger partial charge in [-0.05, 0) is 0 Å². The van der Waals surface area contributed by atoms with Gasteiger partial charge in [0.1, 0.15) is 0 Å². The van der Waals surface area contributed by atoms with Gasteiger partial charge in [-0.25, -0.2) is 0 Å². The van der Waals surface area contributed by atoms with Gasteiger partial charge in [-0.1, -0.05) is 99.0 Å². The Bertz CT molecular complexity index is 502. The van der Waals surface area contributed by atoms with E-state index in [4.69, 9.17) is 0 Å². The van der Waals surface area contributed by atoms with Crippen LogP contribution in [-0.4, -0.2) is 39.3 Å². The number of rotatable bonds is 14. The fourth-order valence-corrected chi connectivity index (χ4v) is 2.58. The van der Waals surface area contributed by atoms with E-state index in [0.29, 0.717) is 0 Å². The van der Waals surface area contributed by atoms with Crippen LogP contribution in [0.2, 0.25) is 0 Å². The zero-order chi connectivity index (χ0) is 24.1. The first-order valence-corrected chi connectivity index (χ1v) is 13.2. The molecule has 0 atom stereocenters. The van der Waals surface area contributed by atoms with Gasteiger partial charge in [-0.15, -0.1) is 68.9 Å². The normalized spacial score (nSPS) is 9.52. The Labute approximate surface area is 222 Å². The molecule has 2 aromatic rings. The van der Waals surface area contributed by atoms with Crippen molar-refractivity contribution in [3.63, 3.8) is 0 Å². The van der Waals surface area contributed by atoms with E-state index in [1.165, 1.54) is 62.1 Å². The Morgan fingerprint density at radius 1 is 0.545 bits per heavy atom. The average molecular weight is 492 g/mol. The Hall–Kier alpha value is -0.576. The van der Waals surface area contributed by atoms with Gasteiger partial charge in [0, 0.05) is 0 Å². The monoisotopic (exact) mass is 491 g/mol. The molecule has 188 valence electrons. The van der Waals surface area contributed by atoms with E-state index in [1.54, 1.807) is 0 Å². The minimum Gasteiger partial charge on any atom is -0.662 e. The Morgan fingerprint density at radius 3 is 1.36 bits per heavy atom. The molecule has 0 saturated carbocycles. The predicted molar refractivity (Wildman–Crippen MR) is 150 cm³/mol. The number of nitrogens with zero attached hydrogens (tertiary/aromatic N) is 3. The summed E-state index contributed by atoms with van der Waals surface area (Å²) in [5.74, 6) is 0. The molecule has 0 N–H and O–H groups in total. The molecule has 0 spiro atoms. The molecule has 0 aromatic heterocycles. The van der Waals surface area contributed by atoms with Crippen LogP contribution in [0.15, 0.2) is 42.5 Å². The number of unbranched alkanes of at least 4 members (excludes halogenated alkanes) is 2. The van der Waals surface area contributed by atoms with Crippen molar-refractivity contribution in [1.82, 2.24) is 0 Å². The summed E-state index contributed by atoms with van der Waals surface area (Å²) in [7, 11) is 0. The maximum Gasteiger partial charge on any atom is 4.00 e. The summed E-state index contributed by atoms with van der Waals surface area (Å²) in [5, 5.41) is 15.4. The Balaban J connectivity index is -0.000000363. The van der Waals surface area contributed by atoms with Gasteiger partial charge in [-0.3, -0.25) is 0 Å². The van der Waals surface area contributed by atoms with E-state index in [1.807, 2.05) is 0 Å². The fourth-order valence-electron chi connectivity index (χ4n) is 2.58. The molecule has 0 bridgehead atoms. The van der Waals surface area contributed by atoms with E-state index >= 15 is 0 Å². The van der Waals surface area contributed by atoms with E-state index < -0.39 is 0 Å². The summed E-state index contributed by atoms with van der Waals surface area (Å²) in [6, 6.07) is 14.7. The molecule has 0 fully saturated rings. The number of hydrogen-bond acceptors (Lipinski definition) is 0. The molecular weight excluding hydrogens is 438 g/mol. The molecule has 0 aliphatic heterocycles. The van der Waals surface area contributed by atoms with Gasteiger partial charge in [0.05, 0.1) is 0 Å². The van der Waals surface area contributed by atoms with Gasteiger partial charge in [-0.2, -0.15) is 17.5 Å². The summed E-state index contributed by atoms with van der Waals surface area (Å²) < 4.78 is 0. The molecule has 0 heterocycles. The van der Waals surface area contributed by atoms with Crippen molar-refractivity contribution < 1.29 is 21.7 Å². The molecule has 3 nitrogen and oxygen atoms in total. The standard InChI is InChI=1S/C9H7.C8H18N.2C6H14N.Ti/c1-2-5-9-7-3-6-8(9)4-1;1-3-5-7-9-8-6-4-2;2*1-3-5-7-6-4-2;/h1-7H;3-8H2,1-2H3;2*3-6H2,1-2H3;/q4*-1;+4. The number of fused-ring (bicyclic) bond motifs is 1. The molecule has 0 amide bonds. The molecule has 2 aromatic carbocycles. The summed E-state index contributed by atoms with van der Waals surface area (Å²) in [5.41, 5.74) is 0. The van der Waals surface area contributed by atoms with Crippen molar-refractivity contribution in [2.75, 3.05) is 39.3 Å². The quantitative estimate of drug-likeness (QED) is 0.143. The van der Waals surface area contributed by atoms with Crippen molar-refractivity contribution in [3.8, 4) is 0 Å². The van der Waals surface area contributed by atoms with E-state index in [0.717, 1.165) is 39.3 Å². The minimum absolute atomic E-state index is 0. The zero-order valence-electron chi connectivity index (χ0n) is 22.8. The molecule has 0 aliphatic rings. The van der Waals surface area contributed by atoms with Crippen LogP contribution < -0.4 is 0 Å². The average Bonchev–Trinajstić information content (AvgIpc) is 3.30. The van der Waals surface area contributed by atoms with Crippen LogP contribution in [0.25, 0.3) is 26.7 Å². The van der Waals surface area contributed by atoms with Crippen LogP contribution in [-0.2, 0) is 21.7 Å². The van der Waals surface area contributed by atoms with Gasteiger partial charge in [0.15, 0.2) is 0 Å². The predicted octanol–water partition coefficient (Wildman–Crippen LogP) is 9.88. The van der Waals surface area contributed by atoms with E-state index in [2.05, 4.69) is 100.0 Å². The van der Waals surface area contributed by atoms with Crippen molar-refractivity contribution in [2.24, 2.45) is 0 Å². The number of benzene rings is 1. The van der Waals surface area contributed by atoms with Crippen molar-refractivity contribution in [1.29, 1.82) is 0 Å². The molecule has 4 heteroatoms. The van der Waals surface area contributed by atoms with E-state index in [9.17, 15) is 0 Å². The third-order valence-electron chi connectivity index (χ3n) is 4.41. The van der Waals surface area contributed by atoms with Crippen LogP contribution in [0.1, 0.15) is 92.9 Å². The smallest absolute Gasteiger partial charge is 0.662 e. The van der Waals surface area contributed by atoms with Crippen LogP contribution in [0.4, 0.5) is 0 Å². The first kappa shape index (κ1) is 37.0. The van der Waals surface area contributed by atoms with Crippen molar-refractivity contribution in [3.05, 3.63) is 58.4 Å². The maximum absolute atomic E-state index is 4.35. The second-order valence-corrected chi connectivity index (χ2v) is 7.87. The molecule has 0 saturated heterocycles. The number of hydrogen-bond donors (Lipinski definition) is 0. The summed E-state index contributed by atoms with van der Waals surface area (Å²) in [4.78, 5) is 0. The molecule has 0 radical (unpaired) electrons. The van der Waals surface area contributed by atoms with Gasteiger partial charge >= 0.3 is 21.7 Å². The van der Waals surface area contributed by atoms with Crippen molar-refractivity contribution >= 4 is 10.8 Å². The second-order valence-electron chi connectivity index (χ2n) is 7.87. The largest absolute Gasteiger partial charge is 4.00 e. The Morgan fingerprint density at radius 2 is 0.970 bits per heavy atom. The maximum atomic E-state index is 4.35. The molecular formula is C29H53N3Ti. The molecule has 33 heavy (non-hydrogen) atoms. The third-order valence-corrected chi connectivity index (χ3v) is 4.41. The summed E-state index contributed by atoms with van der Waals surface area (Å²) >= 11 is 0. The first-order valence-electron chi connectivity index (χ1n) is 13.2. The second kappa shape index (κ2) is 33.6. The Kier molecular flexibility index (Phi) is 37.7. The van der Waals surface area contributed by atoms with Gasteiger partial charge in [0.25, 0.3) is 0 Å². The first-order chi connectivity index (χ1) is 15.7. The van der Waals surface area contributed by atoms with Gasteiger partial charge in [0.2, 0.25) is 0 Å². The van der Waals surface area contributed by atoms with Crippen LogP contribution in [0, 0.1) is 0 Å². The topological polar surface area (TPSA) is 42.3 Å². The van der Waals surface area contributed by atoms with Crippen LogP contribution in [0.5, 0.6) is 0 Å². The van der Waals surface area contributed by atoms with Crippen molar-refractivity contribution in [2.45, 2.75) is 92.9 Å². The zero-order valence-corrected chi connectivity index (χ0v) is 24.3. The minimum atomic E-state index is 0. The van der Waals surface area contributed by atoms with E-state index in [-0.39, 0.29) is 21.7 Å². The summed E-state index contributed by atoms with van der Waals surface area (Å²) in [6.07, 6.45) is 9.86. The third kappa shape index (κ3) is 29.4. The van der Waals surface area contributed by atoms with Crippen LogP contribution >= 0.6 is 0 Å². The molecule has 0 unspecified atom stereocenters. The molecule has 0 aliphatic carbocycles. The SMILES string of the molecule is CCCC[N-]CCCC.CCC[N-]CCC.CCC[N-]CCC.[Ti+4].c1ccc2[cH-]ccc2c1. The molecule has 2 rings (SSSR count). The summed E-state index contributed by atoms with van der Waals surface area (Å²) in [6.45, 7) is 19.4. The van der Waals surface area contributed by atoms with Crippen LogP contribution in [0.3, 0.4) is 0 Å². The van der Waals surface area contributed by atoms with Gasteiger partial charge < -0.3 is 16.0 Å².